The van der Waals surface area contributed by atoms with Gasteiger partial charge in [-0.2, -0.15) is 0 Å². The molecule has 1 saturated heterocycles. The lowest BCUT2D eigenvalue weighted by atomic mass is 10.00. The summed E-state index contributed by atoms with van der Waals surface area (Å²) in [6.07, 6.45) is 2.19. The average Bonchev–Trinajstić information content (AvgIpc) is 2.56. The van der Waals surface area contributed by atoms with Crippen molar-refractivity contribution in [2.45, 2.75) is 19.8 Å². The fourth-order valence-corrected chi connectivity index (χ4v) is 3.13. The molecule has 7 heteroatoms. The van der Waals surface area contributed by atoms with Gasteiger partial charge >= 0.3 is 0 Å². The number of carbonyl (C=O) groups excluding carboxylic acids is 1. The quantitative estimate of drug-likeness (QED) is 0.591. The number of rotatable bonds is 5. The number of nitrogens with one attached hydrogen (secondary N) is 1. The van der Waals surface area contributed by atoms with E-state index >= 15 is 0 Å². The first-order valence-electron chi connectivity index (χ1n) is 8.02. The minimum absolute atomic E-state index is 0.257. The predicted molar refractivity (Wildman–Crippen MR) is 102 cm³/mol. The lowest BCUT2D eigenvalue weighted by Gasteiger charge is -2.32. The maximum absolute atomic E-state index is 12.6. The van der Waals surface area contributed by atoms with E-state index in [0.717, 1.165) is 30.4 Å². The number of methoxy groups -OCH3 is 1. The van der Waals surface area contributed by atoms with Crippen LogP contribution in [0, 0.1) is 5.92 Å². The molecular weight excluding hydrogens is 392 g/mol. The summed E-state index contributed by atoms with van der Waals surface area (Å²) in [5.74, 6) is 0.973. The average molecular weight is 415 g/mol. The zero-order chi connectivity index (χ0) is 17.5. The number of hydrogen-bond acceptors (Lipinski definition) is 4. The first kappa shape index (κ1) is 19.1. The van der Waals surface area contributed by atoms with Gasteiger partial charge in [-0.1, -0.05) is 22.9 Å². The summed E-state index contributed by atoms with van der Waals surface area (Å²) in [7, 11) is 1.61. The number of halogens is 1. The first-order valence-corrected chi connectivity index (χ1v) is 9.23. The van der Waals surface area contributed by atoms with E-state index in [0.29, 0.717) is 35.6 Å². The van der Waals surface area contributed by atoms with Crippen molar-refractivity contribution >= 4 is 39.2 Å². The van der Waals surface area contributed by atoms with Crippen LogP contribution >= 0.6 is 28.1 Å². The minimum atomic E-state index is -0.257. The number of hydrogen-bond donors (Lipinski definition) is 1. The number of likely N-dealkylation sites (tertiary alicyclic amines) is 1. The lowest BCUT2D eigenvalue weighted by molar-refractivity contribution is 0.0964. The number of amides is 1. The number of nitrogens with zero attached hydrogens (tertiary/aromatic N) is 1. The summed E-state index contributed by atoms with van der Waals surface area (Å²) >= 11 is 8.79. The molecule has 0 bridgehead atoms. The smallest absolute Gasteiger partial charge is 0.261 e. The zero-order valence-corrected chi connectivity index (χ0v) is 16.4. The Morgan fingerprint density at radius 3 is 2.75 bits per heavy atom. The van der Waals surface area contributed by atoms with Crippen LogP contribution in [-0.2, 0) is 4.74 Å². The van der Waals surface area contributed by atoms with Crippen molar-refractivity contribution in [3.63, 3.8) is 0 Å². The van der Waals surface area contributed by atoms with Crippen LogP contribution in [-0.4, -0.2) is 49.3 Å². The van der Waals surface area contributed by atoms with E-state index < -0.39 is 0 Å². The van der Waals surface area contributed by atoms with Gasteiger partial charge in [-0.3, -0.25) is 10.1 Å². The van der Waals surface area contributed by atoms with Crippen LogP contribution in [0.4, 0.5) is 0 Å². The monoisotopic (exact) mass is 414 g/mol. The van der Waals surface area contributed by atoms with Gasteiger partial charge in [0.1, 0.15) is 12.4 Å². The highest BCUT2D eigenvalue weighted by Crippen LogP contribution is 2.23. The van der Waals surface area contributed by atoms with Gasteiger partial charge < -0.3 is 14.4 Å². The second-order valence-electron chi connectivity index (χ2n) is 5.91. The normalized spacial score (nSPS) is 15.2. The molecule has 0 aromatic heterocycles. The highest BCUT2D eigenvalue weighted by atomic mass is 79.9. The molecule has 0 radical (unpaired) electrons. The van der Waals surface area contributed by atoms with Crippen LogP contribution in [0.25, 0.3) is 0 Å². The van der Waals surface area contributed by atoms with Crippen LogP contribution in [0.15, 0.2) is 22.7 Å². The Morgan fingerprint density at radius 1 is 1.38 bits per heavy atom. The van der Waals surface area contributed by atoms with Gasteiger partial charge in [0.15, 0.2) is 5.11 Å². The Balaban J connectivity index is 2.02. The van der Waals surface area contributed by atoms with E-state index in [1.807, 2.05) is 6.07 Å². The topological polar surface area (TPSA) is 50.8 Å². The number of piperidine rings is 1. The number of carbonyl (C=O) groups is 1. The van der Waals surface area contributed by atoms with Crippen LogP contribution in [0.2, 0.25) is 0 Å². The van der Waals surface area contributed by atoms with Crippen LogP contribution in [0.3, 0.4) is 0 Å². The predicted octanol–water partition coefficient (Wildman–Crippen LogP) is 3.22. The van der Waals surface area contributed by atoms with Crippen molar-refractivity contribution in [3.05, 3.63) is 28.2 Å². The molecule has 0 saturated carbocycles. The molecule has 5 nitrogen and oxygen atoms in total. The van der Waals surface area contributed by atoms with E-state index in [2.05, 4.69) is 33.1 Å². The molecule has 0 atom stereocenters. The summed E-state index contributed by atoms with van der Waals surface area (Å²) in [6, 6.07) is 5.34. The second-order valence-corrected chi connectivity index (χ2v) is 7.21. The van der Waals surface area contributed by atoms with Crippen LogP contribution < -0.4 is 10.1 Å². The number of benzene rings is 1. The van der Waals surface area contributed by atoms with Gasteiger partial charge in [0.05, 0.1) is 12.2 Å². The molecule has 24 heavy (non-hydrogen) atoms. The molecule has 1 amide bonds. The van der Waals surface area contributed by atoms with Crippen molar-refractivity contribution in [3.8, 4) is 5.75 Å². The minimum Gasteiger partial charge on any atom is -0.490 e. The molecule has 2 rings (SSSR count). The Bertz CT molecular complexity index is 589. The van der Waals surface area contributed by atoms with Crippen molar-refractivity contribution in [1.82, 2.24) is 10.2 Å². The van der Waals surface area contributed by atoms with Crippen molar-refractivity contribution < 1.29 is 14.3 Å². The molecule has 1 aromatic carbocycles. The summed E-state index contributed by atoms with van der Waals surface area (Å²) in [6.45, 7) is 4.85. The van der Waals surface area contributed by atoms with Gasteiger partial charge in [-0.15, -0.1) is 0 Å². The van der Waals surface area contributed by atoms with Crippen LogP contribution in [0.1, 0.15) is 30.1 Å². The fourth-order valence-electron chi connectivity index (χ4n) is 2.50. The summed E-state index contributed by atoms with van der Waals surface area (Å²) in [5.41, 5.74) is 0.452. The molecule has 0 unspecified atom stereocenters. The summed E-state index contributed by atoms with van der Waals surface area (Å²) < 4.78 is 11.4. The molecule has 1 N–H and O–H groups in total. The Labute approximate surface area is 156 Å². The first-order chi connectivity index (χ1) is 11.5. The Hall–Kier alpha value is -1.18. The van der Waals surface area contributed by atoms with Crippen LogP contribution in [0.5, 0.6) is 5.75 Å². The van der Waals surface area contributed by atoms with Gasteiger partial charge in [0.2, 0.25) is 0 Å². The van der Waals surface area contributed by atoms with E-state index in [4.69, 9.17) is 21.7 Å². The largest absolute Gasteiger partial charge is 0.490 e. The highest BCUT2D eigenvalue weighted by molar-refractivity contribution is 9.10. The molecule has 1 heterocycles. The maximum Gasteiger partial charge on any atom is 0.261 e. The number of ether oxygens (including phenoxy) is 2. The third kappa shape index (κ3) is 5.43. The standard InChI is InChI=1S/C17H23BrN2O3S/c1-12-5-7-20(8-6-12)17(24)19-16(21)14-11-13(18)3-4-15(14)23-10-9-22-2/h3-4,11-12H,5-10H2,1-2H3,(H,19,21,24). The Morgan fingerprint density at radius 2 is 2.08 bits per heavy atom. The molecule has 1 aliphatic rings. The Kier molecular flexibility index (Phi) is 7.45. The number of thiocarbonyl (C=S) groups is 1. The van der Waals surface area contributed by atoms with Gasteiger partial charge in [0, 0.05) is 24.7 Å². The maximum atomic E-state index is 12.6. The molecule has 1 aliphatic heterocycles. The van der Waals surface area contributed by atoms with Crippen molar-refractivity contribution in [1.29, 1.82) is 0 Å². The summed E-state index contributed by atoms with van der Waals surface area (Å²) in [4.78, 5) is 14.7. The second kappa shape index (κ2) is 9.34. The van der Waals surface area contributed by atoms with E-state index in [1.165, 1.54) is 0 Å². The van der Waals surface area contributed by atoms with E-state index in [9.17, 15) is 4.79 Å². The fraction of sp³-hybridized carbons (Fsp3) is 0.529. The molecule has 132 valence electrons. The van der Waals surface area contributed by atoms with E-state index in [1.54, 1.807) is 19.2 Å². The SMILES string of the molecule is COCCOc1ccc(Br)cc1C(=O)NC(=S)N1CCC(C)CC1. The lowest BCUT2D eigenvalue weighted by Crippen LogP contribution is -2.46. The molecule has 0 spiro atoms. The van der Waals surface area contributed by atoms with Gasteiger partial charge in [-0.05, 0) is 49.2 Å². The molecule has 0 aliphatic carbocycles. The van der Waals surface area contributed by atoms with Gasteiger partial charge in [-0.25, -0.2) is 0 Å². The van der Waals surface area contributed by atoms with Gasteiger partial charge in [0.25, 0.3) is 5.91 Å². The molecule has 1 aromatic rings. The van der Waals surface area contributed by atoms with Crippen molar-refractivity contribution in [2.75, 3.05) is 33.4 Å². The molecule has 1 fully saturated rings. The third-order valence-electron chi connectivity index (χ3n) is 4.02. The molecular formula is C17H23BrN2O3S. The highest BCUT2D eigenvalue weighted by Gasteiger charge is 2.21. The zero-order valence-electron chi connectivity index (χ0n) is 14.0. The summed E-state index contributed by atoms with van der Waals surface area (Å²) in [5, 5.41) is 3.31. The van der Waals surface area contributed by atoms with E-state index in [-0.39, 0.29) is 5.91 Å². The van der Waals surface area contributed by atoms with Crippen molar-refractivity contribution in [2.24, 2.45) is 5.92 Å². The third-order valence-corrected chi connectivity index (χ3v) is 4.88.